The molecule has 18 heavy (non-hydrogen) atoms. The molecule has 0 saturated carbocycles. The van der Waals surface area contributed by atoms with Crippen molar-refractivity contribution in [2.24, 2.45) is 0 Å². The Morgan fingerprint density at radius 1 is 1.39 bits per heavy atom. The maximum Gasteiger partial charge on any atom is 0.279 e. The molecule has 0 atom stereocenters. The zero-order valence-corrected chi connectivity index (χ0v) is 11.5. The first kappa shape index (κ1) is 14.9. The third-order valence-electron chi connectivity index (χ3n) is 2.00. The average molecular weight is 292 g/mol. The van der Waals surface area contributed by atoms with Gasteiger partial charge >= 0.3 is 0 Å². The highest BCUT2D eigenvalue weighted by Gasteiger charge is 2.14. The van der Waals surface area contributed by atoms with Crippen LogP contribution in [-0.2, 0) is 15.0 Å². The lowest BCUT2D eigenvalue weighted by molar-refractivity contribution is -0.115. The maximum atomic E-state index is 11.5. The Kier molecular flexibility index (Phi) is 5.09. The fourth-order valence-electron chi connectivity index (χ4n) is 1.06. The lowest BCUT2D eigenvalue weighted by Crippen LogP contribution is -2.40. The van der Waals surface area contributed by atoms with Gasteiger partial charge in [-0.1, -0.05) is 17.7 Å². The number of hydrogen-bond acceptors (Lipinski definition) is 3. The monoisotopic (exact) mass is 291 g/mol. The van der Waals surface area contributed by atoms with Gasteiger partial charge in [-0.3, -0.25) is 4.79 Å². The molecule has 1 amide bonds. The van der Waals surface area contributed by atoms with Crippen LogP contribution in [0.4, 0.5) is 5.69 Å². The highest BCUT2D eigenvalue weighted by Crippen LogP contribution is 2.14. The summed E-state index contributed by atoms with van der Waals surface area (Å²) in [4.78, 5) is 11.5. The number of nitrogens with one attached hydrogen (secondary N) is 2. The Labute approximate surface area is 111 Å². The molecule has 1 aromatic carbocycles. The van der Waals surface area contributed by atoms with Crippen molar-refractivity contribution in [2.45, 2.75) is 0 Å². The van der Waals surface area contributed by atoms with Crippen LogP contribution in [0.2, 0.25) is 5.02 Å². The summed E-state index contributed by atoms with van der Waals surface area (Å²) in [7, 11) is -0.853. The van der Waals surface area contributed by atoms with Crippen molar-refractivity contribution in [3.05, 3.63) is 29.3 Å². The standard InChI is InChI=1S/C10H14ClN3O3S/c1-14(2)18(16,17)12-7-10(15)13-9-5-3-4-8(11)6-9/h3-6,12H,7H2,1-2H3,(H,13,15). The second-order valence-electron chi connectivity index (χ2n) is 3.67. The first-order valence-electron chi connectivity index (χ1n) is 5.04. The van der Waals surface area contributed by atoms with Crippen LogP contribution in [0, 0.1) is 0 Å². The van der Waals surface area contributed by atoms with Crippen molar-refractivity contribution in [1.29, 1.82) is 0 Å². The molecule has 0 aliphatic carbocycles. The number of halogens is 1. The van der Waals surface area contributed by atoms with E-state index in [0.717, 1.165) is 4.31 Å². The predicted molar refractivity (Wildman–Crippen MR) is 70.7 cm³/mol. The quantitative estimate of drug-likeness (QED) is 0.837. The molecule has 2 N–H and O–H groups in total. The molecule has 0 spiro atoms. The van der Waals surface area contributed by atoms with Crippen molar-refractivity contribution in [3.8, 4) is 0 Å². The molecule has 0 aliphatic heterocycles. The van der Waals surface area contributed by atoms with E-state index in [4.69, 9.17) is 11.6 Å². The zero-order chi connectivity index (χ0) is 13.8. The summed E-state index contributed by atoms with van der Waals surface area (Å²) in [6.45, 7) is -0.340. The number of rotatable bonds is 5. The number of nitrogens with zero attached hydrogens (tertiary/aromatic N) is 1. The highest BCUT2D eigenvalue weighted by molar-refractivity contribution is 7.87. The first-order chi connectivity index (χ1) is 8.31. The van der Waals surface area contributed by atoms with E-state index in [1.54, 1.807) is 24.3 Å². The third kappa shape index (κ3) is 4.61. The molecule has 0 aromatic heterocycles. The summed E-state index contributed by atoms with van der Waals surface area (Å²) in [5.41, 5.74) is 0.511. The lowest BCUT2D eigenvalue weighted by Gasteiger charge is -2.12. The second kappa shape index (κ2) is 6.14. The van der Waals surface area contributed by atoms with Gasteiger partial charge < -0.3 is 5.32 Å². The Bertz CT molecular complexity index is 531. The molecule has 0 saturated heterocycles. The van der Waals surface area contributed by atoms with Gasteiger partial charge in [-0.25, -0.2) is 0 Å². The highest BCUT2D eigenvalue weighted by atomic mass is 35.5. The minimum absolute atomic E-state index is 0.340. The van der Waals surface area contributed by atoms with Gasteiger partial charge in [0, 0.05) is 24.8 Å². The van der Waals surface area contributed by atoms with Crippen molar-refractivity contribution in [3.63, 3.8) is 0 Å². The number of benzene rings is 1. The third-order valence-corrected chi connectivity index (χ3v) is 3.71. The van der Waals surface area contributed by atoms with Crippen molar-refractivity contribution < 1.29 is 13.2 Å². The fourth-order valence-corrected chi connectivity index (χ4v) is 1.82. The number of carbonyl (C=O) groups excluding carboxylic acids is 1. The number of anilines is 1. The van der Waals surface area contributed by atoms with Crippen LogP contribution in [0.15, 0.2) is 24.3 Å². The van der Waals surface area contributed by atoms with E-state index >= 15 is 0 Å². The Balaban J connectivity index is 2.53. The van der Waals surface area contributed by atoms with Crippen LogP contribution in [0.1, 0.15) is 0 Å². The minimum Gasteiger partial charge on any atom is -0.325 e. The Morgan fingerprint density at radius 2 is 2.06 bits per heavy atom. The smallest absolute Gasteiger partial charge is 0.279 e. The zero-order valence-electron chi connectivity index (χ0n) is 9.97. The number of hydrogen-bond donors (Lipinski definition) is 2. The Hall–Kier alpha value is -1.15. The molecule has 0 bridgehead atoms. The molecular formula is C10H14ClN3O3S. The topological polar surface area (TPSA) is 78.5 Å². The second-order valence-corrected chi connectivity index (χ2v) is 6.07. The molecule has 1 aromatic rings. The summed E-state index contributed by atoms with van der Waals surface area (Å²) in [6.07, 6.45) is 0. The predicted octanol–water partition coefficient (Wildman–Crippen LogP) is 0.675. The van der Waals surface area contributed by atoms with E-state index in [9.17, 15) is 13.2 Å². The van der Waals surface area contributed by atoms with E-state index in [0.29, 0.717) is 10.7 Å². The van der Waals surface area contributed by atoms with Gasteiger partial charge in [-0.2, -0.15) is 17.4 Å². The lowest BCUT2D eigenvalue weighted by atomic mass is 10.3. The van der Waals surface area contributed by atoms with E-state index in [2.05, 4.69) is 10.0 Å². The molecule has 100 valence electrons. The van der Waals surface area contributed by atoms with Crippen molar-refractivity contribution >= 4 is 33.4 Å². The largest absolute Gasteiger partial charge is 0.325 e. The fraction of sp³-hybridized carbons (Fsp3) is 0.300. The van der Waals surface area contributed by atoms with Crippen LogP contribution in [0.5, 0.6) is 0 Å². The molecular weight excluding hydrogens is 278 g/mol. The van der Waals surface area contributed by atoms with E-state index in [1.807, 2.05) is 0 Å². The van der Waals surface area contributed by atoms with E-state index < -0.39 is 16.1 Å². The molecule has 0 heterocycles. The van der Waals surface area contributed by atoms with Crippen LogP contribution >= 0.6 is 11.6 Å². The molecule has 1 rings (SSSR count). The molecule has 6 nitrogen and oxygen atoms in total. The summed E-state index contributed by atoms with van der Waals surface area (Å²) in [5, 5.41) is 3.01. The summed E-state index contributed by atoms with van der Waals surface area (Å²) >= 11 is 5.75. The first-order valence-corrected chi connectivity index (χ1v) is 6.85. The normalized spacial score (nSPS) is 11.6. The van der Waals surface area contributed by atoms with Crippen LogP contribution < -0.4 is 10.0 Å². The van der Waals surface area contributed by atoms with Crippen molar-refractivity contribution in [1.82, 2.24) is 9.03 Å². The average Bonchev–Trinajstić information content (AvgIpc) is 2.26. The van der Waals surface area contributed by atoms with Gasteiger partial charge in [0.2, 0.25) is 5.91 Å². The van der Waals surface area contributed by atoms with Crippen molar-refractivity contribution in [2.75, 3.05) is 26.0 Å². The molecule has 0 unspecified atom stereocenters. The van der Waals surface area contributed by atoms with E-state index in [-0.39, 0.29) is 6.54 Å². The Morgan fingerprint density at radius 3 is 2.61 bits per heavy atom. The van der Waals surface area contributed by atoms with Gasteiger partial charge in [0.1, 0.15) is 0 Å². The van der Waals surface area contributed by atoms with Gasteiger partial charge in [-0.05, 0) is 18.2 Å². The molecule has 8 heteroatoms. The van der Waals surface area contributed by atoms with Gasteiger partial charge in [0.05, 0.1) is 6.54 Å². The minimum atomic E-state index is -3.60. The summed E-state index contributed by atoms with van der Waals surface area (Å²) in [6, 6.07) is 6.58. The number of carbonyl (C=O) groups is 1. The molecule has 0 fully saturated rings. The summed E-state index contributed by atoms with van der Waals surface area (Å²) < 4.78 is 25.8. The van der Waals surface area contributed by atoms with Crippen LogP contribution in [-0.4, -0.2) is 39.3 Å². The van der Waals surface area contributed by atoms with Crippen LogP contribution in [0.3, 0.4) is 0 Å². The number of amides is 1. The maximum absolute atomic E-state index is 11.5. The van der Waals surface area contributed by atoms with Gasteiger partial charge in [-0.15, -0.1) is 0 Å². The molecule has 0 aliphatic rings. The SMILES string of the molecule is CN(C)S(=O)(=O)NCC(=O)Nc1cccc(Cl)c1. The van der Waals surface area contributed by atoms with E-state index in [1.165, 1.54) is 14.1 Å². The van der Waals surface area contributed by atoms with Gasteiger partial charge in [0.25, 0.3) is 10.2 Å². The van der Waals surface area contributed by atoms with Gasteiger partial charge in [0.15, 0.2) is 0 Å². The summed E-state index contributed by atoms with van der Waals surface area (Å²) in [5.74, 6) is -0.470. The molecule has 0 radical (unpaired) electrons. The van der Waals surface area contributed by atoms with Crippen LogP contribution in [0.25, 0.3) is 0 Å².